The molecule has 0 bridgehead atoms. The second-order valence-corrected chi connectivity index (χ2v) is 7.60. The summed E-state index contributed by atoms with van der Waals surface area (Å²) < 4.78 is 0. The minimum Gasteiger partial charge on any atom is -0.369 e. The number of hydrogen-bond donors (Lipinski definition) is 1. The van der Waals surface area contributed by atoms with Gasteiger partial charge >= 0.3 is 0 Å². The first-order chi connectivity index (χ1) is 14.1. The topological polar surface area (TPSA) is 76.3 Å². The van der Waals surface area contributed by atoms with E-state index in [1.807, 2.05) is 54.6 Å². The van der Waals surface area contributed by atoms with Gasteiger partial charge in [-0.25, -0.2) is 0 Å². The average molecular weight is 385 g/mol. The minimum absolute atomic E-state index is 0.0539. The Morgan fingerprint density at radius 1 is 0.931 bits per heavy atom. The van der Waals surface area contributed by atoms with Crippen molar-refractivity contribution >= 4 is 11.8 Å². The standard InChI is InChI=1S/C24H23N3O2/c25-23(29)24(12-15-27(17-24)22(28)21-4-2-1-3-5-21)16-18-6-8-19(9-7-18)20-10-13-26-14-11-20/h1-11,13-14H,12,15-17H2,(H2,25,29)/t24-/m1/s1. The van der Waals surface area contributed by atoms with Gasteiger partial charge in [0.1, 0.15) is 0 Å². The average Bonchev–Trinajstić information content (AvgIpc) is 3.20. The molecule has 4 rings (SSSR count). The lowest BCUT2D eigenvalue weighted by Crippen LogP contribution is -2.42. The van der Waals surface area contributed by atoms with Gasteiger partial charge in [0.05, 0.1) is 5.41 Å². The number of aromatic nitrogens is 1. The van der Waals surface area contributed by atoms with Gasteiger partial charge < -0.3 is 10.6 Å². The van der Waals surface area contributed by atoms with Crippen LogP contribution in [0.25, 0.3) is 11.1 Å². The van der Waals surface area contributed by atoms with Gasteiger partial charge in [0.15, 0.2) is 0 Å². The molecule has 2 amide bonds. The quantitative estimate of drug-likeness (QED) is 0.732. The van der Waals surface area contributed by atoms with Crippen molar-refractivity contribution in [1.29, 1.82) is 0 Å². The fourth-order valence-electron chi connectivity index (χ4n) is 3.99. The number of benzene rings is 2. The fourth-order valence-corrected chi connectivity index (χ4v) is 3.99. The molecule has 1 atom stereocenters. The highest BCUT2D eigenvalue weighted by Gasteiger charge is 2.44. The Hall–Kier alpha value is -3.47. The first kappa shape index (κ1) is 18.9. The van der Waals surface area contributed by atoms with E-state index in [9.17, 15) is 9.59 Å². The first-order valence-electron chi connectivity index (χ1n) is 9.71. The number of pyridine rings is 1. The Balaban J connectivity index is 1.51. The van der Waals surface area contributed by atoms with Gasteiger partial charge in [-0.1, -0.05) is 42.5 Å². The second kappa shape index (κ2) is 7.87. The lowest BCUT2D eigenvalue weighted by molar-refractivity contribution is -0.126. The Morgan fingerprint density at radius 2 is 1.59 bits per heavy atom. The van der Waals surface area contributed by atoms with Gasteiger partial charge in [0.2, 0.25) is 5.91 Å². The molecule has 0 spiro atoms. The molecule has 0 unspecified atom stereocenters. The number of hydrogen-bond acceptors (Lipinski definition) is 3. The molecule has 2 aromatic carbocycles. The largest absolute Gasteiger partial charge is 0.369 e. The van der Waals surface area contributed by atoms with Gasteiger partial charge in [-0.05, 0) is 53.8 Å². The third-order valence-electron chi connectivity index (χ3n) is 5.69. The van der Waals surface area contributed by atoms with Crippen LogP contribution in [-0.4, -0.2) is 34.8 Å². The zero-order chi connectivity index (χ0) is 20.3. The molecule has 1 aliphatic rings. The summed E-state index contributed by atoms with van der Waals surface area (Å²) in [6.07, 6.45) is 4.63. The predicted octanol–water partition coefficient (Wildman–Crippen LogP) is 3.31. The van der Waals surface area contributed by atoms with E-state index in [0.717, 1.165) is 16.7 Å². The van der Waals surface area contributed by atoms with E-state index < -0.39 is 5.41 Å². The molecular weight excluding hydrogens is 362 g/mol. The highest BCUT2D eigenvalue weighted by molar-refractivity contribution is 5.95. The van der Waals surface area contributed by atoms with Gasteiger partial charge in [-0.3, -0.25) is 14.6 Å². The maximum Gasteiger partial charge on any atom is 0.253 e. The van der Waals surface area contributed by atoms with Crippen molar-refractivity contribution in [2.24, 2.45) is 11.1 Å². The van der Waals surface area contributed by atoms with Gasteiger partial charge in [0.25, 0.3) is 5.91 Å². The minimum atomic E-state index is -0.734. The molecule has 0 saturated carbocycles. The van der Waals surface area contributed by atoms with Gasteiger partial charge in [0, 0.05) is 31.0 Å². The number of rotatable bonds is 5. The Kier molecular flexibility index (Phi) is 5.12. The Bertz CT molecular complexity index is 1000. The molecule has 5 nitrogen and oxygen atoms in total. The number of amides is 2. The van der Waals surface area contributed by atoms with Crippen LogP contribution in [0.1, 0.15) is 22.3 Å². The second-order valence-electron chi connectivity index (χ2n) is 7.60. The van der Waals surface area contributed by atoms with Crippen LogP contribution >= 0.6 is 0 Å². The SMILES string of the molecule is NC(=O)[C@@]1(Cc2ccc(-c3ccncc3)cc2)CCN(C(=O)c2ccccc2)C1. The van der Waals surface area contributed by atoms with Crippen molar-refractivity contribution in [3.63, 3.8) is 0 Å². The summed E-state index contributed by atoms with van der Waals surface area (Å²) in [6, 6.07) is 21.2. The molecule has 0 aliphatic carbocycles. The maximum absolute atomic E-state index is 12.8. The monoisotopic (exact) mass is 385 g/mol. The van der Waals surface area contributed by atoms with E-state index >= 15 is 0 Å². The highest BCUT2D eigenvalue weighted by Crippen LogP contribution is 2.35. The molecule has 0 radical (unpaired) electrons. The predicted molar refractivity (Wildman–Crippen MR) is 112 cm³/mol. The molecule has 1 aromatic heterocycles. The number of primary amides is 1. The van der Waals surface area contributed by atoms with Crippen molar-refractivity contribution in [3.05, 3.63) is 90.3 Å². The maximum atomic E-state index is 12.8. The van der Waals surface area contributed by atoms with Crippen LogP contribution in [0, 0.1) is 5.41 Å². The van der Waals surface area contributed by atoms with E-state index in [4.69, 9.17) is 5.73 Å². The van der Waals surface area contributed by atoms with Crippen LogP contribution in [0.5, 0.6) is 0 Å². The molecule has 3 aromatic rings. The fraction of sp³-hybridized carbons (Fsp3) is 0.208. The van der Waals surface area contributed by atoms with Crippen LogP contribution in [0.2, 0.25) is 0 Å². The molecule has 146 valence electrons. The molecular formula is C24H23N3O2. The first-order valence-corrected chi connectivity index (χ1v) is 9.71. The Morgan fingerprint density at radius 3 is 2.24 bits per heavy atom. The Labute approximate surface area is 170 Å². The van der Waals surface area contributed by atoms with E-state index in [1.54, 1.807) is 29.4 Å². The van der Waals surface area contributed by atoms with Crippen molar-refractivity contribution in [2.75, 3.05) is 13.1 Å². The number of nitrogens with zero attached hydrogens (tertiary/aromatic N) is 2. The van der Waals surface area contributed by atoms with Crippen molar-refractivity contribution in [2.45, 2.75) is 12.8 Å². The summed E-state index contributed by atoms with van der Waals surface area (Å²) in [6.45, 7) is 0.883. The number of likely N-dealkylation sites (tertiary alicyclic amines) is 1. The normalized spacial score (nSPS) is 18.6. The number of carbonyl (C=O) groups is 2. The van der Waals surface area contributed by atoms with E-state index in [1.165, 1.54) is 0 Å². The zero-order valence-electron chi connectivity index (χ0n) is 16.1. The van der Waals surface area contributed by atoms with Crippen molar-refractivity contribution in [3.8, 4) is 11.1 Å². The molecule has 1 saturated heterocycles. The van der Waals surface area contributed by atoms with Crippen LogP contribution in [-0.2, 0) is 11.2 Å². The smallest absolute Gasteiger partial charge is 0.253 e. The lowest BCUT2D eigenvalue weighted by Gasteiger charge is -2.26. The highest BCUT2D eigenvalue weighted by atomic mass is 16.2. The lowest BCUT2D eigenvalue weighted by atomic mass is 9.80. The summed E-state index contributed by atoms with van der Waals surface area (Å²) in [5, 5.41) is 0. The number of nitrogens with two attached hydrogens (primary N) is 1. The van der Waals surface area contributed by atoms with Crippen LogP contribution < -0.4 is 5.73 Å². The van der Waals surface area contributed by atoms with Crippen LogP contribution in [0.4, 0.5) is 0 Å². The molecule has 1 fully saturated rings. The van der Waals surface area contributed by atoms with E-state index in [2.05, 4.69) is 4.98 Å². The summed E-state index contributed by atoms with van der Waals surface area (Å²) >= 11 is 0. The molecule has 2 N–H and O–H groups in total. The molecule has 5 heteroatoms. The zero-order valence-corrected chi connectivity index (χ0v) is 16.1. The van der Waals surface area contributed by atoms with Crippen molar-refractivity contribution < 1.29 is 9.59 Å². The number of carbonyl (C=O) groups excluding carboxylic acids is 2. The van der Waals surface area contributed by atoms with E-state index in [0.29, 0.717) is 31.5 Å². The van der Waals surface area contributed by atoms with Gasteiger partial charge in [-0.2, -0.15) is 0 Å². The van der Waals surface area contributed by atoms with Gasteiger partial charge in [-0.15, -0.1) is 0 Å². The third-order valence-corrected chi connectivity index (χ3v) is 5.69. The van der Waals surface area contributed by atoms with Crippen LogP contribution in [0.3, 0.4) is 0 Å². The summed E-state index contributed by atoms with van der Waals surface area (Å²) in [5.74, 6) is -0.402. The molecule has 29 heavy (non-hydrogen) atoms. The van der Waals surface area contributed by atoms with E-state index in [-0.39, 0.29) is 11.8 Å². The summed E-state index contributed by atoms with van der Waals surface area (Å²) in [4.78, 5) is 31.0. The third kappa shape index (κ3) is 3.90. The molecule has 1 aliphatic heterocycles. The molecule has 2 heterocycles. The van der Waals surface area contributed by atoms with Crippen molar-refractivity contribution in [1.82, 2.24) is 9.88 Å². The summed E-state index contributed by atoms with van der Waals surface area (Å²) in [7, 11) is 0. The summed E-state index contributed by atoms with van der Waals surface area (Å²) in [5.41, 5.74) is 8.94. The van der Waals surface area contributed by atoms with Crippen LogP contribution in [0.15, 0.2) is 79.1 Å².